The summed E-state index contributed by atoms with van der Waals surface area (Å²) in [5, 5.41) is 0. The molecule has 3 rings (SSSR count). The fourth-order valence-electron chi connectivity index (χ4n) is 2.61. The van der Waals surface area contributed by atoms with Crippen LogP contribution in [0.2, 0.25) is 0 Å². The van der Waals surface area contributed by atoms with Gasteiger partial charge in [-0.2, -0.15) is 0 Å². The zero-order valence-electron chi connectivity index (χ0n) is 12.1. The van der Waals surface area contributed by atoms with Gasteiger partial charge < -0.3 is 0 Å². The quantitative estimate of drug-likeness (QED) is 0.788. The van der Waals surface area contributed by atoms with E-state index in [0.717, 1.165) is 5.56 Å². The summed E-state index contributed by atoms with van der Waals surface area (Å²) in [6.07, 6.45) is 3.27. The Kier molecular flexibility index (Phi) is 4.32. The zero-order valence-corrected chi connectivity index (χ0v) is 13.7. The predicted octanol–water partition coefficient (Wildman–Crippen LogP) is 2.07. The third-order valence-electron chi connectivity index (χ3n) is 3.62. The average molecular weight is 352 g/mol. The van der Waals surface area contributed by atoms with E-state index in [4.69, 9.17) is 10.7 Å². The van der Waals surface area contributed by atoms with E-state index < -0.39 is 9.05 Å². The second kappa shape index (κ2) is 6.25. The van der Waals surface area contributed by atoms with Crippen LogP contribution in [0.3, 0.4) is 0 Å². The van der Waals surface area contributed by atoms with Crippen LogP contribution in [0.5, 0.6) is 0 Å². The van der Waals surface area contributed by atoms with Gasteiger partial charge in [0.15, 0.2) is 5.82 Å². The summed E-state index contributed by atoms with van der Waals surface area (Å²) >= 11 is 0. The lowest BCUT2D eigenvalue weighted by molar-refractivity contribution is -0.117. The van der Waals surface area contributed by atoms with E-state index in [9.17, 15) is 13.2 Å². The van der Waals surface area contributed by atoms with Crippen molar-refractivity contribution in [3.05, 3.63) is 42.7 Å². The number of amides is 1. The molecule has 0 bridgehead atoms. The summed E-state index contributed by atoms with van der Waals surface area (Å²) < 4.78 is 22.3. The molecule has 2 aromatic rings. The van der Waals surface area contributed by atoms with Crippen LogP contribution < -0.4 is 4.90 Å². The Labute approximate surface area is 138 Å². The Morgan fingerprint density at radius 2 is 1.91 bits per heavy atom. The van der Waals surface area contributed by atoms with Crippen molar-refractivity contribution in [3.8, 4) is 11.3 Å². The molecule has 1 aliphatic heterocycles. The third kappa shape index (κ3) is 3.86. The molecule has 1 aromatic carbocycles. The van der Waals surface area contributed by atoms with E-state index in [0.29, 0.717) is 11.5 Å². The van der Waals surface area contributed by atoms with Crippen molar-refractivity contribution in [1.29, 1.82) is 0 Å². The Balaban J connectivity index is 1.76. The molecule has 120 valence electrons. The van der Waals surface area contributed by atoms with Crippen molar-refractivity contribution in [2.45, 2.75) is 6.42 Å². The fraction of sp³-hybridized carbons (Fsp3) is 0.267. The first-order chi connectivity index (χ1) is 10.9. The number of nitrogens with zero attached hydrogens (tertiary/aromatic N) is 3. The minimum atomic E-state index is -3.62. The van der Waals surface area contributed by atoms with Gasteiger partial charge in [-0.1, -0.05) is 30.3 Å². The second-order valence-electron chi connectivity index (χ2n) is 5.41. The van der Waals surface area contributed by atoms with E-state index in [1.165, 1.54) is 11.1 Å². The number of hydrogen-bond acceptors (Lipinski definition) is 5. The molecule has 2 heterocycles. The van der Waals surface area contributed by atoms with Gasteiger partial charge in [0, 0.05) is 35.1 Å². The maximum absolute atomic E-state index is 12.0. The highest BCUT2D eigenvalue weighted by molar-refractivity contribution is 8.13. The van der Waals surface area contributed by atoms with Crippen LogP contribution in [-0.4, -0.2) is 36.6 Å². The van der Waals surface area contributed by atoms with Crippen LogP contribution in [0.15, 0.2) is 42.7 Å². The van der Waals surface area contributed by atoms with Crippen molar-refractivity contribution in [2.75, 3.05) is 17.2 Å². The van der Waals surface area contributed by atoms with Crippen molar-refractivity contribution < 1.29 is 13.2 Å². The molecule has 0 N–H and O–H groups in total. The highest BCUT2D eigenvalue weighted by Crippen LogP contribution is 2.26. The SMILES string of the molecule is O=C1CC(CS(=O)(=O)Cl)CN1c1cnc(-c2ccccc2)cn1. The molecule has 1 amide bonds. The minimum absolute atomic E-state index is 0.147. The molecule has 8 heteroatoms. The number of anilines is 1. The van der Waals surface area contributed by atoms with Crippen molar-refractivity contribution in [3.63, 3.8) is 0 Å². The molecule has 1 atom stereocenters. The van der Waals surface area contributed by atoms with Gasteiger partial charge in [0.2, 0.25) is 15.0 Å². The summed E-state index contributed by atoms with van der Waals surface area (Å²) in [6, 6.07) is 9.58. The van der Waals surface area contributed by atoms with Crippen LogP contribution in [0.25, 0.3) is 11.3 Å². The lowest BCUT2D eigenvalue weighted by Crippen LogP contribution is -2.26. The van der Waals surface area contributed by atoms with Gasteiger partial charge in [-0.05, 0) is 0 Å². The van der Waals surface area contributed by atoms with Crippen LogP contribution in [0.4, 0.5) is 5.82 Å². The van der Waals surface area contributed by atoms with Crippen molar-refractivity contribution >= 4 is 31.5 Å². The van der Waals surface area contributed by atoms with Crippen LogP contribution >= 0.6 is 10.7 Å². The number of halogens is 1. The van der Waals surface area contributed by atoms with E-state index in [2.05, 4.69) is 9.97 Å². The molecular formula is C15H14ClN3O3S. The topological polar surface area (TPSA) is 80.2 Å². The van der Waals surface area contributed by atoms with Gasteiger partial charge >= 0.3 is 0 Å². The molecule has 0 spiro atoms. The molecule has 1 aliphatic rings. The summed E-state index contributed by atoms with van der Waals surface area (Å²) in [6.45, 7) is 0.282. The molecule has 1 aromatic heterocycles. The van der Waals surface area contributed by atoms with E-state index in [1.54, 1.807) is 6.20 Å². The highest BCUT2D eigenvalue weighted by atomic mass is 35.7. The Morgan fingerprint density at radius 3 is 2.52 bits per heavy atom. The molecule has 1 fully saturated rings. The first-order valence-electron chi connectivity index (χ1n) is 7.02. The van der Waals surface area contributed by atoms with Crippen LogP contribution in [0, 0.1) is 5.92 Å². The normalized spacial score (nSPS) is 18.4. The Hall–Kier alpha value is -1.99. The molecule has 0 aliphatic carbocycles. The van der Waals surface area contributed by atoms with Gasteiger partial charge in [0.25, 0.3) is 0 Å². The van der Waals surface area contributed by atoms with E-state index in [1.807, 2.05) is 30.3 Å². The Bertz CT molecular complexity index is 810. The molecule has 1 unspecified atom stereocenters. The first-order valence-corrected chi connectivity index (χ1v) is 9.50. The van der Waals surface area contributed by atoms with Crippen molar-refractivity contribution in [2.24, 2.45) is 5.92 Å². The largest absolute Gasteiger partial charge is 0.295 e. The number of carbonyl (C=O) groups is 1. The lowest BCUT2D eigenvalue weighted by atomic mass is 10.1. The Morgan fingerprint density at radius 1 is 1.17 bits per heavy atom. The number of rotatable bonds is 4. The maximum Gasteiger partial charge on any atom is 0.232 e. The number of aromatic nitrogens is 2. The standard InChI is InChI=1S/C15H14ClN3O3S/c16-23(21,22)10-11-6-15(20)19(9-11)14-8-17-13(7-18-14)12-4-2-1-3-5-12/h1-5,7-8,11H,6,9-10H2. The van der Waals surface area contributed by atoms with Gasteiger partial charge in [-0.15, -0.1) is 0 Å². The summed E-state index contributed by atoms with van der Waals surface area (Å²) in [4.78, 5) is 22.1. The predicted molar refractivity (Wildman–Crippen MR) is 87.6 cm³/mol. The van der Waals surface area contributed by atoms with Crippen LogP contribution in [-0.2, 0) is 13.8 Å². The molecule has 23 heavy (non-hydrogen) atoms. The lowest BCUT2D eigenvalue weighted by Gasteiger charge is -2.15. The monoisotopic (exact) mass is 351 g/mol. The fourth-order valence-corrected chi connectivity index (χ4v) is 3.94. The van der Waals surface area contributed by atoms with Crippen molar-refractivity contribution in [1.82, 2.24) is 9.97 Å². The zero-order chi connectivity index (χ0) is 16.4. The molecule has 1 saturated heterocycles. The average Bonchev–Trinajstić information content (AvgIpc) is 2.87. The van der Waals surface area contributed by atoms with Crippen LogP contribution in [0.1, 0.15) is 6.42 Å². The number of benzene rings is 1. The number of hydrogen-bond donors (Lipinski definition) is 0. The third-order valence-corrected chi connectivity index (χ3v) is 4.87. The van der Waals surface area contributed by atoms with Gasteiger partial charge in [0.1, 0.15) is 0 Å². The van der Waals surface area contributed by atoms with E-state index in [-0.39, 0.29) is 30.5 Å². The molecule has 0 radical (unpaired) electrons. The minimum Gasteiger partial charge on any atom is -0.295 e. The molecule has 6 nitrogen and oxygen atoms in total. The summed E-state index contributed by atoms with van der Waals surface area (Å²) in [5.41, 5.74) is 1.64. The first kappa shape index (κ1) is 15.9. The summed E-state index contributed by atoms with van der Waals surface area (Å²) in [5.74, 6) is -0.284. The molecule has 0 saturated carbocycles. The smallest absolute Gasteiger partial charge is 0.232 e. The van der Waals surface area contributed by atoms with Gasteiger partial charge in [-0.3, -0.25) is 14.7 Å². The van der Waals surface area contributed by atoms with E-state index >= 15 is 0 Å². The maximum atomic E-state index is 12.0. The summed E-state index contributed by atoms with van der Waals surface area (Å²) in [7, 11) is 1.64. The second-order valence-corrected chi connectivity index (χ2v) is 8.23. The van der Waals surface area contributed by atoms with Gasteiger partial charge in [0.05, 0.1) is 23.8 Å². The highest BCUT2D eigenvalue weighted by Gasteiger charge is 2.33. The number of carbonyl (C=O) groups excluding carboxylic acids is 1. The molecular weight excluding hydrogens is 338 g/mol. The van der Waals surface area contributed by atoms with Gasteiger partial charge in [-0.25, -0.2) is 13.4 Å².